The van der Waals surface area contributed by atoms with E-state index in [-0.39, 0.29) is 11.8 Å². The average molecular weight is 497 g/mol. The second-order valence-electron chi connectivity index (χ2n) is 8.75. The number of carbonyl (C=O) groups excluding carboxylic acids is 2. The van der Waals surface area contributed by atoms with Crippen LogP contribution in [0.1, 0.15) is 54.6 Å². The van der Waals surface area contributed by atoms with Gasteiger partial charge in [-0.1, -0.05) is 6.07 Å². The highest BCUT2D eigenvalue weighted by Crippen LogP contribution is 2.32. The average Bonchev–Trinajstić information content (AvgIpc) is 3.50. The van der Waals surface area contributed by atoms with Gasteiger partial charge in [0.2, 0.25) is 0 Å². The van der Waals surface area contributed by atoms with Gasteiger partial charge in [-0.15, -0.1) is 22.7 Å². The van der Waals surface area contributed by atoms with E-state index in [1.807, 2.05) is 47.2 Å². The van der Waals surface area contributed by atoms with Crippen LogP contribution in [0.25, 0.3) is 0 Å². The summed E-state index contributed by atoms with van der Waals surface area (Å²) >= 11 is 3.04. The van der Waals surface area contributed by atoms with E-state index < -0.39 is 0 Å². The van der Waals surface area contributed by atoms with Gasteiger partial charge in [0.1, 0.15) is 16.4 Å². The van der Waals surface area contributed by atoms with Crippen molar-refractivity contribution in [2.75, 3.05) is 44.2 Å². The van der Waals surface area contributed by atoms with E-state index in [4.69, 9.17) is 4.98 Å². The summed E-state index contributed by atoms with van der Waals surface area (Å²) in [7, 11) is 0. The maximum absolute atomic E-state index is 13.0. The largest absolute Gasteiger partial charge is 0.353 e. The van der Waals surface area contributed by atoms with Gasteiger partial charge in [0.15, 0.2) is 0 Å². The molecule has 8 nitrogen and oxygen atoms in total. The molecule has 0 unspecified atom stereocenters. The molecule has 2 amide bonds. The summed E-state index contributed by atoms with van der Waals surface area (Å²) in [5.74, 6) is 1.34. The maximum Gasteiger partial charge on any atom is 0.273 e. The molecular formula is C24H28N6O2S2. The number of amides is 2. The predicted octanol–water partition coefficient (Wildman–Crippen LogP) is 3.59. The molecule has 0 bridgehead atoms. The van der Waals surface area contributed by atoms with Crippen LogP contribution in [-0.4, -0.2) is 75.8 Å². The summed E-state index contributed by atoms with van der Waals surface area (Å²) in [5.41, 5.74) is 1.36. The predicted molar refractivity (Wildman–Crippen MR) is 134 cm³/mol. The van der Waals surface area contributed by atoms with Crippen LogP contribution in [0.15, 0.2) is 29.8 Å². The number of anilines is 1. The third-order valence-electron chi connectivity index (χ3n) is 6.51. The Bertz CT molecular complexity index is 1160. The first kappa shape index (κ1) is 22.9. The lowest BCUT2D eigenvalue weighted by Gasteiger charge is -2.35. The lowest BCUT2D eigenvalue weighted by molar-refractivity contribution is 0.0716. The summed E-state index contributed by atoms with van der Waals surface area (Å²) in [6.07, 6.45) is 3.53. The molecule has 3 aromatic rings. The molecule has 3 aromatic heterocycles. The van der Waals surface area contributed by atoms with Crippen LogP contribution in [-0.2, 0) is 0 Å². The van der Waals surface area contributed by atoms with Crippen molar-refractivity contribution < 1.29 is 9.59 Å². The fourth-order valence-electron chi connectivity index (χ4n) is 4.62. The van der Waals surface area contributed by atoms with Crippen molar-refractivity contribution >= 4 is 40.3 Å². The molecular weight excluding hydrogens is 468 g/mol. The van der Waals surface area contributed by atoms with Crippen LogP contribution in [0, 0.1) is 13.8 Å². The van der Waals surface area contributed by atoms with Gasteiger partial charge in [-0.3, -0.25) is 9.59 Å². The van der Waals surface area contributed by atoms with Crippen molar-refractivity contribution in [3.8, 4) is 0 Å². The lowest BCUT2D eigenvalue weighted by Crippen LogP contribution is -2.49. The van der Waals surface area contributed by atoms with Crippen molar-refractivity contribution in [1.29, 1.82) is 0 Å². The van der Waals surface area contributed by atoms with Crippen molar-refractivity contribution in [2.24, 2.45) is 0 Å². The van der Waals surface area contributed by atoms with Crippen LogP contribution in [0.2, 0.25) is 0 Å². The molecule has 34 heavy (non-hydrogen) atoms. The van der Waals surface area contributed by atoms with E-state index in [2.05, 4.69) is 14.9 Å². The molecule has 2 saturated heterocycles. The second kappa shape index (κ2) is 9.79. The zero-order valence-corrected chi connectivity index (χ0v) is 21.1. The number of aromatic nitrogens is 3. The van der Waals surface area contributed by atoms with Crippen LogP contribution in [0.5, 0.6) is 0 Å². The molecule has 0 spiro atoms. The van der Waals surface area contributed by atoms with Gasteiger partial charge in [0.25, 0.3) is 11.8 Å². The molecule has 0 aliphatic carbocycles. The van der Waals surface area contributed by atoms with Gasteiger partial charge in [-0.05, 0) is 38.8 Å². The Balaban J connectivity index is 1.15. The van der Waals surface area contributed by atoms with Gasteiger partial charge < -0.3 is 14.7 Å². The molecule has 0 N–H and O–H groups in total. The number of hydrogen-bond donors (Lipinski definition) is 0. The zero-order valence-electron chi connectivity index (χ0n) is 19.4. The minimum atomic E-state index is 0.00632. The Morgan fingerprint density at radius 2 is 1.68 bits per heavy atom. The fourth-order valence-corrected chi connectivity index (χ4v) is 6.47. The number of likely N-dealkylation sites (tertiary alicyclic amines) is 1. The highest BCUT2D eigenvalue weighted by molar-refractivity contribution is 7.13. The Morgan fingerprint density at radius 3 is 2.32 bits per heavy atom. The Morgan fingerprint density at radius 1 is 0.941 bits per heavy atom. The van der Waals surface area contributed by atoms with Crippen LogP contribution >= 0.6 is 22.7 Å². The Labute approximate surface area is 207 Å². The van der Waals surface area contributed by atoms with Gasteiger partial charge in [0.05, 0.1) is 15.7 Å². The highest BCUT2D eigenvalue weighted by Gasteiger charge is 2.30. The first-order valence-electron chi connectivity index (χ1n) is 11.6. The van der Waals surface area contributed by atoms with E-state index in [9.17, 15) is 9.59 Å². The van der Waals surface area contributed by atoms with Crippen molar-refractivity contribution in [3.05, 3.63) is 56.1 Å². The topological polar surface area (TPSA) is 82.5 Å². The van der Waals surface area contributed by atoms with Gasteiger partial charge in [0, 0.05) is 56.8 Å². The van der Waals surface area contributed by atoms with Crippen molar-refractivity contribution in [2.45, 2.75) is 32.6 Å². The minimum Gasteiger partial charge on any atom is -0.353 e. The van der Waals surface area contributed by atoms with E-state index in [0.29, 0.717) is 37.8 Å². The molecule has 178 valence electrons. The van der Waals surface area contributed by atoms with Gasteiger partial charge in [-0.2, -0.15) is 0 Å². The Kier molecular flexibility index (Phi) is 6.60. The number of piperazine rings is 1. The third kappa shape index (κ3) is 4.69. The molecule has 10 heteroatoms. The number of thiazole rings is 2. The van der Waals surface area contributed by atoms with Crippen molar-refractivity contribution in [1.82, 2.24) is 24.8 Å². The first-order valence-corrected chi connectivity index (χ1v) is 13.3. The molecule has 5 heterocycles. The van der Waals surface area contributed by atoms with Gasteiger partial charge >= 0.3 is 0 Å². The smallest absolute Gasteiger partial charge is 0.273 e. The maximum atomic E-state index is 13.0. The summed E-state index contributed by atoms with van der Waals surface area (Å²) in [4.78, 5) is 46.2. The van der Waals surface area contributed by atoms with E-state index in [0.717, 1.165) is 52.3 Å². The summed E-state index contributed by atoms with van der Waals surface area (Å²) in [6, 6.07) is 5.90. The summed E-state index contributed by atoms with van der Waals surface area (Å²) in [6.45, 7) is 8.11. The number of carbonyl (C=O) groups is 2. The Hall–Kier alpha value is -2.85. The monoisotopic (exact) mass is 496 g/mol. The molecule has 2 aliphatic heterocycles. The van der Waals surface area contributed by atoms with Crippen LogP contribution < -0.4 is 4.90 Å². The lowest BCUT2D eigenvalue weighted by atomic mass is 9.97. The number of rotatable bonds is 4. The van der Waals surface area contributed by atoms with E-state index in [1.165, 1.54) is 11.3 Å². The number of pyridine rings is 1. The summed E-state index contributed by atoms with van der Waals surface area (Å²) in [5, 5.41) is 3.82. The molecule has 0 saturated carbocycles. The molecule has 0 atom stereocenters. The number of aryl methyl sites for hydroxylation is 2. The zero-order chi connectivity index (χ0) is 23.7. The highest BCUT2D eigenvalue weighted by atomic mass is 32.1. The number of hydrogen-bond acceptors (Lipinski definition) is 8. The van der Waals surface area contributed by atoms with Crippen molar-refractivity contribution in [3.63, 3.8) is 0 Å². The normalized spacial score (nSPS) is 17.3. The molecule has 2 fully saturated rings. The van der Waals surface area contributed by atoms with E-state index >= 15 is 0 Å². The SMILES string of the molecule is Cc1nc(C)c(C(=O)N2CCC(c3nc(C(=O)N4CCN(c5ccccn5)CC4)cs3)CC2)s1. The second-order valence-corrected chi connectivity index (χ2v) is 10.8. The standard InChI is InChI=1S/C24H28N6O2S2/c1-16-21(34-17(2)26-16)24(32)29-9-6-18(7-10-29)22-27-19(15-33-22)23(31)30-13-11-28(12-14-30)20-5-3-4-8-25-20/h3-5,8,15,18H,6-7,9-14H2,1-2H3. The molecule has 0 aromatic carbocycles. The number of nitrogens with zero attached hydrogens (tertiary/aromatic N) is 6. The van der Waals surface area contributed by atoms with Gasteiger partial charge in [-0.25, -0.2) is 15.0 Å². The quantitative estimate of drug-likeness (QED) is 0.549. The summed E-state index contributed by atoms with van der Waals surface area (Å²) < 4.78 is 0. The fraction of sp³-hybridized carbons (Fsp3) is 0.458. The first-order chi connectivity index (χ1) is 16.5. The molecule has 2 aliphatic rings. The third-order valence-corrected chi connectivity index (χ3v) is 8.58. The molecule has 5 rings (SSSR count). The minimum absolute atomic E-state index is 0.00632. The van der Waals surface area contributed by atoms with Crippen LogP contribution in [0.4, 0.5) is 5.82 Å². The molecule has 0 radical (unpaired) electrons. The number of piperidine rings is 1. The van der Waals surface area contributed by atoms with E-state index in [1.54, 1.807) is 17.5 Å². The van der Waals surface area contributed by atoms with Crippen LogP contribution in [0.3, 0.4) is 0 Å².